The molecule has 0 aromatic carbocycles. The van der Waals surface area contributed by atoms with E-state index < -0.39 is 10.0 Å². The van der Waals surface area contributed by atoms with Crippen molar-refractivity contribution >= 4 is 10.0 Å². The molecular formula is C10H20N2O2S. The van der Waals surface area contributed by atoms with E-state index in [0.29, 0.717) is 31.2 Å². The average Bonchev–Trinajstić information content (AvgIpc) is 2.35. The predicted molar refractivity (Wildman–Crippen MR) is 60.2 cm³/mol. The molecule has 2 fully saturated rings. The van der Waals surface area contributed by atoms with Crippen LogP contribution < -0.4 is 0 Å². The molecule has 15 heavy (non-hydrogen) atoms. The van der Waals surface area contributed by atoms with Gasteiger partial charge in [-0.25, -0.2) is 8.42 Å². The number of rotatable bonds is 2. The fourth-order valence-corrected chi connectivity index (χ4v) is 3.90. The molecule has 0 radical (unpaired) electrons. The fraction of sp³-hybridized carbons (Fsp3) is 1.00. The lowest BCUT2D eigenvalue weighted by Crippen LogP contribution is -2.56. The van der Waals surface area contributed by atoms with Gasteiger partial charge in [-0.1, -0.05) is 0 Å². The van der Waals surface area contributed by atoms with E-state index in [4.69, 9.17) is 0 Å². The van der Waals surface area contributed by atoms with Gasteiger partial charge in [0.25, 0.3) is 0 Å². The molecule has 2 saturated heterocycles. The Balaban J connectivity index is 2.15. The van der Waals surface area contributed by atoms with Crippen LogP contribution in [-0.4, -0.2) is 55.1 Å². The molecule has 0 aliphatic carbocycles. The summed E-state index contributed by atoms with van der Waals surface area (Å²) in [6.45, 7) is 5.77. The maximum atomic E-state index is 11.5. The number of nitrogens with zero attached hydrogens (tertiary/aromatic N) is 2. The largest absolute Gasteiger partial charge is 0.292 e. The van der Waals surface area contributed by atoms with Gasteiger partial charge >= 0.3 is 0 Å². The van der Waals surface area contributed by atoms with E-state index in [-0.39, 0.29) is 0 Å². The van der Waals surface area contributed by atoms with Crippen LogP contribution >= 0.6 is 0 Å². The Morgan fingerprint density at radius 1 is 1.13 bits per heavy atom. The lowest BCUT2D eigenvalue weighted by molar-refractivity contribution is 0.0801. The summed E-state index contributed by atoms with van der Waals surface area (Å²) in [7, 11) is -2.99. The normalized spacial score (nSPS) is 33.9. The highest BCUT2D eigenvalue weighted by molar-refractivity contribution is 7.88. The Morgan fingerprint density at radius 3 is 1.93 bits per heavy atom. The summed E-state index contributed by atoms with van der Waals surface area (Å²) in [5.74, 6) is 0. The predicted octanol–water partition coefficient (Wildman–Crippen LogP) is 0.503. The molecule has 88 valence electrons. The van der Waals surface area contributed by atoms with Crippen molar-refractivity contribution in [2.75, 3.05) is 19.3 Å². The average molecular weight is 232 g/mol. The fourth-order valence-electron chi connectivity index (χ4n) is 3.01. The maximum absolute atomic E-state index is 11.5. The van der Waals surface area contributed by atoms with Crippen LogP contribution in [0.1, 0.15) is 26.7 Å². The molecule has 0 aromatic heterocycles. The second kappa shape index (κ2) is 3.71. The molecule has 5 heteroatoms. The van der Waals surface area contributed by atoms with Crippen LogP contribution in [-0.2, 0) is 10.0 Å². The Kier molecular flexibility index (Phi) is 2.81. The monoisotopic (exact) mass is 232 g/mol. The van der Waals surface area contributed by atoms with Gasteiger partial charge in [0, 0.05) is 31.2 Å². The van der Waals surface area contributed by atoms with Crippen molar-refractivity contribution < 1.29 is 8.42 Å². The molecular weight excluding hydrogens is 212 g/mol. The van der Waals surface area contributed by atoms with E-state index in [1.807, 2.05) is 0 Å². The quantitative estimate of drug-likeness (QED) is 0.696. The molecule has 2 rings (SSSR count). The van der Waals surface area contributed by atoms with E-state index in [0.717, 1.165) is 12.8 Å². The SMILES string of the molecule is CC(C)N1C2CCC1CN(S(C)(=O)=O)C2. The van der Waals surface area contributed by atoms with E-state index in [9.17, 15) is 8.42 Å². The van der Waals surface area contributed by atoms with Gasteiger partial charge in [-0.3, -0.25) is 4.90 Å². The Labute approximate surface area is 92.3 Å². The van der Waals surface area contributed by atoms with Crippen molar-refractivity contribution in [2.24, 2.45) is 0 Å². The van der Waals surface area contributed by atoms with Gasteiger partial charge < -0.3 is 0 Å². The topological polar surface area (TPSA) is 40.6 Å². The first-order valence-electron chi connectivity index (χ1n) is 5.62. The smallest absolute Gasteiger partial charge is 0.211 e. The maximum Gasteiger partial charge on any atom is 0.211 e. The van der Waals surface area contributed by atoms with Gasteiger partial charge in [0.2, 0.25) is 10.0 Å². The van der Waals surface area contributed by atoms with Crippen molar-refractivity contribution in [3.05, 3.63) is 0 Å². The van der Waals surface area contributed by atoms with Crippen LogP contribution in [0.25, 0.3) is 0 Å². The van der Waals surface area contributed by atoms with Crippen LogP contribution in [0.3, 0.4) is 0 Å². The molecule has 0 aromatic rings. The summed E-state index contributed by atoms with van der Waals surface area (Å²) in [5, 5.41) is 0. The number of piperazine rings is 1. The first kappa shape index (κ1) is 11.4. The van der Waals surface area contributed by atoms with E-state index in [2.05, 4.69) is 18.7 Å². The van der Waals surface area contributed by atoms with Crippen molar-refractivity contribution in [1.82, 2.24) is 9.21 Å². The highest BCUT2D eigenvalue weighted by Gasteiger charge is 2.43. The molecule has 2 atom stereocenters. The molecule has 2 aliphatic heterocycles. The minimum Gasteiger partial charge on any atom is -0.292 e. The summed E-state index contributed by atoms with van der Waals surface area (Å²) in [6, 6.07) is 1.42. The van der Waals surface area contributed by atoms with Gasteiger partial charge in [-0.15, -0.1) is 0 Å². The summed E-state index contributed by atoms with van der Waals surface area (Å²) in [6.07, 6.45) is 3.61. The Morgan fingerprint density at radius 2 is 1.60 bits per heavy atom. The lowest BCUT2D eigenvalue weighted by Gasteiger charge is -2.42. The summed E-state index contributed by atoms with van der Waals surface area (Å²) in [5.41, 5.74) is 0. The van der Waals surface area contributed by atoms with Crippen LogP contribution in [0.4, 0.5) is 0 Å². The van der Waals surface area contributed by atoms with Crippen LogP contribution in [0.5, 0.6) is 0 Å². The molecule has 2 heterocycles. The highest BCUT2D eigenvalue weighted by atomic mass is 32.2. The molecule has 2 unspecified atom stereocenters. The molecule has 2 bridgehead atoms. The minimum absolute atomic E-state index is 0.443. The second-order valence-corrected chi connectivity index (χ2v) is 6.99. The molecule has 4 nitrogen and oxygen atoms in total. The van der Waals surface area contributed by atoms with Crippen LogP contribution in [0.15, 0.2) is 0 Å². The highest BCUT2D eigenvalue weighted by Crippen LogP contribution is 2.32. The zero-order chi connectivity index (χ0) is 11.2. The number of fused-ring (bicyclic) bond motifs is 2. The van der Waals surface area contributed by atoms with Crippen molar-refractivity contribution in [1.29, 1.82) is 0 Å². The van der Waals surface area contributed by atoms with Gasteiger partial charge in [-0.05, 0) is 26.7 Å². The Bertz CT molecular complexity index is 325. The third-order valence-corrected chi connectivity index (χ3v) is 4.81. The van der Waals surface area contributed by atoms with Crippen LogP contribution in [0, 0.1) is 0 Å². The first-order valence-corrected chi connectivity index (χ1v) is 7.47. The lowest BCUT2D eigenvalue weighted by atomic mass is 10.1. The number of hydrogen-bond donors (Lipinski definition) is 0. The third-order valence-electron chi connectivity index (χ3n) is 3.57. The molecule has 0 amide bonds. The second-order valence-electron chi connectivity index (χ2n) is 5.01. The summed E-state index contributed by atoms with van der Waals surface area (Å²) in [4.78, 5) is 2.49. The molecule has 0 N–H and O–H groups in total. The number of hydrogen-bond acceptors (Lipinski definition) is 3. The standard InChI is InChI=1S/C10H20N2O2S/c1-8(2)12-9-4-5-10(12)7-11(6-9)15(3,13)14/h8-10H,4-7H2,1-3H3. The Hall–Kier alpha value is -0.130. The van der Waals surface area contributed by atoms with Gasteiger partial charge in [0.15, 0.2) is 0 Å². The van der Waals surface area contributed by atoms with Gasteiger partial charge in [0.1, 0.15) is 0 Å². The van der Waals surface area contributed by atoms with E-state index in [1.165, 1.54) is 6.26 Å². The van der Waals surface area contributed by atoms with Gasteiger partial charge in [0.05, 0.1) is 6.26 Å². The van der Waals surface area contributed by atoms with Crippen LogP contribution in [0.2, 0.25) is 0 Å². The molecule has 2 aliphatic rings. The van der Waals surface area contributed by atoms with Gasteiger partial charge in [-0.2, -0.15) is 4.31 Å². The van der Waals surface area contributed by atoms with Crippen molar-refractivity contribution in [3.63, 3.8) is 0 Å². The zero-order valence-corrected chi connectivity index (χ0v) is 10.5. The number of sulfonamides is 1. The zero-order valence-electron chi connectivity index (χ0n) is 9.68. The first-order chi connectivity index (χ1) is 6.89. The molecule has 0 spiro atoms. The van der Waals surface area contributed by atoms with Crippen molar-refractivity contribution in [2.45, 2.75) is 44.8 Å². The summed E-state index contributed by atoms with van der Waals surface area (Å²) >= 11 is 0. The summed E-state index contributed by atoms with van der Waals surface area (Å²) < 4.78 is 24.6. The van der Waals surface area contributed by atoms with Crippen molar-refractivity contribution in [3.8, 4) is 0 Å². The molecule has 0 saturated carbocycles. The van der Waals surface area contributed by atoms with E-state index >= 15 is 0 Å². The van der Waals surface area contributed by atoms with E-state index in [1.54, 1.807) is 4.31 Å². The third kappa shape index (κ3) is 2.05. The minimum atomic E-state index is -2.99.